The molecule has 26 heavy (non-hydrogen) atoms. The Labute approximate surface area is 155 Å². The summed E-state index contributed by atoms with van der Waals surface area (Å²) in [5, 5.41) is 12.4. The van der Waals surface area contributed by atoms with Gasteiger partial charge in [0.2, 0.25) is 5.91 Å². The van der Waals surface area contributed by atoms with E-state index in [2.05, 4.69) is 11.4 Å². The number of carbonyl (C=O) groups excluding carboxylic acids is 2. The number of nitrogens with zero attached hydrogens (tertiary/aromatic N) is 2. The molecule has 0 spiro atoms. The second-order valence-corrected chi connectivity index (χ2v) is 6.74. The van der Waals surface area contributed by atoms with Gasteiger partial charge in [-0.2, -0.15) is 5.26 Å². The monoisotopic (exact) mass is 357 g/mol. The first-order valence-electron chi connectivity index (χ1n) is 9.21. The molecule has 0 saturated heterocycles. The van der Waals surface area contributed by atoms with Crippen LogP contribution in [0, 0.1) is 11.3 Å². The minimum absolute atomic E-state index is 0.0374. The van der Waals surface area contributed by atoms with Crippen molar-refractivity contribution in [3.63, 3.8) is 0 Å². The van der Waals surface area contributed by atoms with Crippen molar-refractivity contribution in [1.82, 2.24) is 10.2 Å². The van der Waals surface area contributed by atoms with Crippen LogP contribution in [0.2, 0.25) is 0 Å². The highest BCUT2D eigenvalue weighted by Gasteiger charge is 2.34. The molecule has 6 heteroatoms. The number of rotatable bonds is 8. The third-order valence-electron chi connectivity index (χ3n) is 4.57. The molecule has 1 saturated carbocycles. The molecule has 1 aliphatic carbocycles. The van der Waals surface area contributed by atoms with Crippen LogP contribution in [0.25, 0.3) is 0 Å². The predicted octanol–water partition coefficient (Wildman–Crippen LogP) is 2.39. The van der Waals surface area contributed by atoms with Crippen molar-refractivity contribution in [2.75, 3.05) is 19.7 Å². The highest BCUT2D eigenvalue weighted by Crippen LogP contribution is 2.27. The first-order valence-corrected chi connectivity index (χ1v) is 9.21. The van der Waals surface area contributed by atoms with Gasteiger partial charge in [0.15, 0.2) is 0 Å². The van der Waals surface area contributed by atoms with Crippen molar-refractivity contribution in [2.24, 2.45) is 0 Å². The SMILES string of the molecule is CCOC(=O)CN(CC(=O)NC1(C#N)CCCCC1)Cc1ccccc1. The van der Waals surface area contributed by atoms with Gasteiger partial charge >= 0.3 is 5.97 Å². The van der Waals surface area contributed by atoms with E-state index >= 15 is 0 Å². The smallest absolute Gasteiger partial charge is 0.320 e. The van der Waals surface area contributed by atoms with E-state index in [1.807, 2.05) is 30.3 Å². The Balaban J connectivity index is 2.00. The number of hydrogen-bond donors (Lipinski definition) is 1. The summed E-state index contributed by atoms with van der Waals surface area (Å²) < 4.78 is 5.02. The maximum Gasteiger partial charge on any atom is 0.320 e. The normalized spacial score (nSPS) is 15.9. The van der Waals surface area contributed by atoms with Crippen LogP contribution < -0.4 is 5.32 Å². The molecule has 0 aromatic heterocycles. The van der Waals surface area contributed by atoms with Crippen LogP contribution >= 0.6 is 0 Å². The molecule has 140 valence electrons. The Morgan fingerprint density at radius 1 is 1.19 bits per heavy atom. The van der Waals surface area contributed by atoms with Crippen LogP contribution in [-0.2, 0) is 20.9 Å². The average Bonchev–Trinajstić information content (AvgIpc) is 2.63. The van der Waals surface area contributed by atoms with Gasteiger partial charge in [0.25, 0.3) is 0 Å². The summed E-state index contributed by atoms with van der Waals surface area (Å²) in [5.41, 5.74) is 0.245. The zero-order chi connectivity index (χ0) is 18.8. The second-order valence-electron chi connectivity index (χ2n) is 6.74. The van der Waals surface area contributed by atoms with Crippen LogP contribution in [0.1, 0.15) is 44.6 Å². The fourth-order valence-electron chi connectivity index (χ4n) is 3.33. The van der Waals surface area contributed by atoms with E-state index in [1.165, 1.54) is 0 Å². The Morgan fingerprint density at radius 3 is 2.50 bits per heavy atom. The summed E-state index contributed by atoms with van der Waals surface area (Å²) in [7, 11) is 0. The van der Waals surface area contributed by atoms with Gasteiger partial charge in [-0.25, -0.2) is 0 Å². The molecule has 0 heterocycles. The molecule has 0 bridgehead atoms. The molecule has 1 amide bonds. The molecule has 0 radical (unpaired) electrons. The molecular weight excluding hydrogens is 330 g/mol. The summed E-state index contributed by atoms with van der Waals surface area (Å²) >= 11 is 0. The van der Waals surface area contributed by atoms with Gasteiger partial charge < -0.3 is 10.1 Å². The quantitative estimate of drug-likeness (QED) is 0.723. The molecule has 1 N–H and O–H groups in total. The Morgan fingerprint density at radius 2 is 1.88 bits per heavy atom. The number of amides is 1. The number of nitriles is 1. The molecule has 0 unspecified atom stereocenters. The first kappa shape index (κ1) is 19.9. The van der Waals surface area contributed by atoms with Crippen molar-refractivity contribution in [3.05, 3.63) is 35.9 Å². The van der Waals surface area contributed by atoms with Crippen molar-refractivity contribution < 1.29 is 14.3 Å². The lowest BCUT2D eigenvalue weighted by molar-refractivity contribution is -0.144. The van der Waals surface area contributed by atoms with E-state index in [0.29, 0.717) is 26.0 Å². The number of nitrogens with one attached hydrogen (secondary N) is 1. The van der Waals surface area contributed by atoms with E-state index in [0.717, 1.165) is 24.8 Å². The van der Waals surface area contributed by atoms with E-state index in [9.17, 15) is 14.9 Å². The minimum atomic E-state index is -0.766. The summed E-state index contributed by atoms with van der Waals surface area (Å²) in [5.74, 6) is -0.586. The highest BCUT2D eigenvalue weighted by atomic mass is 16.5. The molecule has 2 rings (SSSR count). The summed E-state index contributed by atoms with van der Waals surface area (Å²) in [6, 6.07) is 12.0. The molecule has 6 nitrogen and oxygen atoms in total. The van der Waals surface area contributed by atoms with Crippen LogP contribution in [-0.4, -0.2) is 42.0 Å². The molecular formula is C20H27N3O3. The number of benzene rings is 1. The third kappa shape index (κ3) is 6.16. The van der Waals surface area contributed by atoms with E-state index < -0.39 is 5.54 Å². The van der Waals surface area contributed by atoms with Gasteiger partial charge in [-0.05, 0) is 25.3 Å². The lowest BCUT2D eigenvalue weighted by Crippen LogP contribution is -2.52. The van der Waals surface area contributed by atoms with Crippen molar-refractivity contribution in [2.45, 2.75) is 51.1 Å². The summed E-state index contributed by atoms with van der Waals surface area (Å²) in [6.07, 6.45) is 4.37. The molecule has 1 aromatic rings. The topological polar surface area (TPSA) is 82.4 Å². The highest BCUT2D eigenvalue weighted by molar-refractivity contribution is 5.80. The maximum absolute atomic E-state index is 12.6. The van der Waals surface area contributed by atoms with Crippen molar-refractivity contribution in [3.8, 4) is 6.07 Å². The lowest BCUT2D eigenvalue weighted by atomic mass is 9.83. The predicted molar refractivity (Wildman–Crippen MR) is 97.9 cm³/mol. The van der Waals surface area contributed by atoms with Gasteiger partial charge in [0, 0.05) is 6.54 Å². The maximum atomic E-state index is 12.6. The number of ether oxygens (including phenoxy) is 1. The second kappa shape index (κ2) is 9.93. The third-order valence-corrected chi connectivity index (χ3v) is 4.57. The fourth-order valence-corrected chi connectivity index (χ4v) is 3.33. The van der Waals surface area contributed by atoms with Crippen LogP contribution in [0.5, 0.6) is 0 Å². The largest absolute Gasteiger partial charge is 0.465 e. The van der Waals surface area contributed by atoms with Crippen molar-refractivity contribution in [1.29, 1.82) is 5.26 Å². The minimum Gasteiger partial charge on any atom is -0.465 e. The molecule has 0 atom stereocenters. The van der Waals surface area contributed by atoms with Crippen LogP contribution in [0.15, 0.2) is 30.3 Å². The summed E-state index contributed by atoms with van der Waals surface area (Å²) in [6.45, 7) is 2.62. The zero-order valence-electron chi connectivity index (χ0n) is 15.4. The Hall–Kier alpha value is -2.39. The summed E-state index contributed by atoms with van der Waals surface area (Å²) in [4.78, 5) is 26.2. The Kier molecular flexibility index (Phi) is 7.61. The lowest BCUT2D eigenvalue weighted by Gasteiger charge is -2.32. The zero-order valence-corrected chi connectivity index (χ0v) is 15.4. The van der Waals surface area contributed by atoms with E-state index in [-0.39, 0.29) is 25.0 Å². The van der Waals surface area contributed by atoms with Gasteiger partial charge in [-0.3, -0.25) is 14.5 Å². The number of carbonyl (C=O) groups is 2. The van der Waals surface area contributed by atoms with Crippen LogP contribution in [0.3, 0.4) is 0 Å². The molecule has 1 fully saturated rings. The molecule has 1 aromatic carbocycles. The van der Waals surface area contributed by atoms with Gasteiger partial charge in [0.1, 0.15) is 5.54 Å². The van der Waals surface area contributed by atoms with Gasteiger partial charge in [-0.15, -0.1) is 0 Å². The standard InChI is InChI=1S/C20H27N3O3/c1-2-26-19(25)15-23(13-17-9-5-3-6-10-17)14-18(24)22-20(16-21)11-7-4-8-12-20/h3,5-6,9-10H,2,4,7-8,11-15H2,1H3,(H,22,24). The van der Waals surface area contributed by atoms with Crippen molar-refractivity contribution >= 4 is 11.9 Å². The fraction of sp³-hybridized carbons (Fsp3) is 0.550. The average molecular weight is 357 g/mol. The van der Waals surface area contributed by atoms with Gasteiger partial charge in [-0.1, -0.05) is 49.6 Å². The number of esters is 1. The van der Waals surface area contributed by atoms with Gasteiger partial charge in [0.05, 0.1) is 25.8 Å². The first-order chi connectivity index (χ1) is 12.6. The van der Waals surface area contributed by atoms with Crippen LogP contribution in [0.4, 0.5) is 0 Å². The Bertz CT molecular complexity index is 633. The van der Waals surface area contributed by atoms with E-state index in [4.69, 9.17) is 4.74 Å². The molecule has 0 aliphatic heterocycles. The number of hydrogen-bond acceptors (Lipinski definition) is 5. The molecule has 1 aliphatic rings. The van der Waals surface area contributed by atoms with E-state index in [1.54, 1.807) is 11.8 Å².